The van der Waals surface area contributed by atoms with Crippen LogP contribution >= 0.6 is 0 Å². The van der Waals surface area contributed by atoms with E-state index in [0.29, 0.717) is 5.41 Å². The molecule has 1 N–H and O–H groups in total. The standard InChI is InChI=1S/C13H15NO8S/c1-21-6-7-22-8-10(13(15)16)9-23(19,20)12-4-2-11(3-5-12)14(17)18/h2-5,9H,6-8H2,1H3,(H,15,16). The third-order valence-electron chi connectivity index (χ3n) is 2.64. The molecule has 1 aromatic rings. The number of hydrogen-bond acceptors (Lipinski definition) is 7. The van der Waals surface area contributed by atoms with E-state index >= 15 is 0 Å². The maximum atomic E-state index is 12.1. The third kappa shape index (κ3) is 5.77. The summed E-state index contributed by atoms with van der Waals surface area (Å²) in [6.45, 7) is -0.0639. The van der Waals surface area contributed by atoms with Crippen molar-refractivity contribution in [2.45, 2.75) is 4.90 Å². The number of carboxylic acid groups (broad SMARTS) is 1. The van der Waals surface area contributed by atoms with Crippen molar-refractivity contribution in [3.05, 3.63) is 45.4 Å². The molecule has 126 valence electrons. The summed E-state index contributed by atoms with van der Waals surface area (Å²) in [6.07, 6.45) is 0. The molecule has 0 atom stereocenters. The minimum absolute atomic E-state index is 0.110. The summed E-state index contributed by atoms with van der Waals surface area (Å²) in [5, 5.41) is 20.1. The summed E-state index contributed by atoms with van der Waals surface area (Å²) in [6, 6.07) is 4.12. The van der Waals surface area contributed by atoms with Gasteiger partial charge in [-0.1, -0.05) is 0 Å². The molecule has 0 bridgehead atoms. The Morgan fingerprint density at radius 2 is 1.91 bits per heavy atom. The fourth-order valence-corrected chi connectivity index (χ4v) is 2.68. The first kappa shape index (κ1) is 18.7. The number of benzene rings is 1. The van der Waals surface area contributed by atoms with Crippen molar-refractivity contribution >= 4 is 21.5 Å². The Morgan fingerprint density at radius 3 is 2.39 bits per heavy atom. The average molecular weight is 345 g/mol. The van der Waals surface area contributed by atoms with E-state index < -0.39 is 32.9 Å². The van der Waals surface area contributed by atoms with Crippen molar-refractivity contribution in [2.75, 3.05) is 26.9 Å². The molecule has 10 heteroatoms. The molecule has 0 amide bonds. The van der Waals surface area contributed by atoms with Crippen LogP contribution in [0.25, 0.3) is 0 Å². The molecular weight excluding hydrogens is 330 g/mol. The van der Waals surface area contributed by atoms with Crippen LogP contribution in [0, 0.1) is 10.1 Å². The van der Waals surface area contributed by atoms with Gasteiger partial charge in [-0.15, -0.1) is 0 Å². The summed E-state index contributed by atoms with van der Waals surface area (Å²) in [4.78, 5) is 20.7. The number of methoxy groups -OCH3 is 1. The van der Waals surface area contributed by atoms with Crippen molar-refractivity contribution in [1.82, 2.24) is 0 Å². The number of ether oxygens (including phenoxy) is 2. The number of carbonyl (C=O) groups is 1. The lowest BCUT2D eigenvalue weighted by Gasteiger charge is -2.05. The highest BCUT2D eigenvalue weighted by molar-refractivity contribution is 7.94. The van der Waals surface area contributed by atoms with Crippen molar-refractivity contribution in [1.29, 1.82) is 0 Å². The molecule has 0 radical (unpaired) electrons. The van der Waals surface area contributed by atoms with E-state index in [2.05, 4.69) is 0 Å². The molecule has 0 fully saturated rings. The lowest BCUT2D eigenvalue weighted by Crippen LogP contribution is -2.13. The van der Waals surface area contributed by atoms with Gasteiger partial charge < -0.3 is 14.6 Å². The van der Waals surface area contributed by atoms with Crippen LogP contribution < -0.4 is 0 Å². The highest BCUT2D eigenvalue weighted by Crippen LogP contribution is 2.18. The highest BCUT2D eigenvalue weighted by Gasteiger charge is 2.18. The van der Waals surface area contributed by atoms with Gasteiger partial charge in [-0.3, -0.25) is 10.1 Å². The van der Waals surface area contributed by atoms with Gasteiger partial charge in [0.05, 0.1) is 35.2 Å². The number of aliphatic carboxylic acids is 1. The molecule has 0 saturated carbocycles. The first-order valence-corrected chi connectivity index (χ1v) is 7.82. The van der Waals surface area contributed by atoms with Crippen LogP contribution in [0.4, 0.5) is 5.69 Å². The maximum absolute atomic E-state index is 12.1. The molecular formula is C13H15NO8S. The molecule has 0 aliphatic carbocycles. The average Bonchev–Trinajstić information content (AvgIpc) is 2.50. The van der Waals surface area contributed by atoms with Gasteiger partial charge >= 0.3 is 5.97 Å². The second kappa shape index (κ2) is 8.36. The predicted molar refractivity (Wildman–Crippen MR) is 78.7 cm³/mol. The van der Waals surface area contributed by atoms with E-state index in [1.54, 1.807) is 0 Å². The number of nitrogens with zero attached hydrogens (tertiary/aromatic N) is 1. The Morgan fingerprint density at radius 1 is 1.30 bits per heavy atom. The van der Waals surface area contributed by atoms with Gasteiger partial charge in [-0.2, -0.15) is 0 Å². The number of sulfone groups is 1. The molecule has 0 aliphatic heterocycles. The van der Waals surface area contributed by atoms with Crippen LogP contribution in [0.15, 0.2) is 40.1 Å². The Kier molecular flexibility index (Phi) is 6.82. The van der Waals surface area contributed by atoms with Crippen molar-refractivity contribution < 1.29 is 32.7 Å². The summed E-state index contributed by atoms with van der Waals surface area (Å²) in [5.41, 5.74) is -0.728. The van der Waals surface area contributed by atoms with E-state index in [-0.39, 0.29) is 23.8 Å². The van der Waals surface area contributed by atoms with E-state index in [4.69, 9.17) is 14.6 Å². The smallest absolute Gasteiger partial charge is 0.334 e. The number of nitro benzene ring substituents is 1. The lowest BCUT2D eigenvalue weighted by atomic mass is 10.3. The second-order valence-electron chi connectivity index (χ2n) is 4.29. The minimum atomic E-state index is -4.07. The molecule has 0 saturated heterocycles. The van der Waals surface area contributed by atoms with Crippen LogP contribution in [0.3, 0.4) is 0 Å². The molecule has 23 heavy (non-hydrogen) atoms. The topological polar surface area (TPSA) is 133 Å². The zero-order chi connectivity index (χ0) is 17.5. The minimum Gasteiger partial charge on any atom is -0.478 e. The normalized spacial score (nSPS) is 12.1. The van der Waals surface area contributed by atoms with E-state index in [0.717, 1.165) is 24.3 Å². The Balaban J connectivity index is 2.98. The van der Waals surface area contributed by atoms with Gasteiger partial charge in [0.25, 0.3) is 5.69 Å². The van der Waals surface area contributed by atoms with E-state index in [1.807, 2.05) is 0 Å². The van der Waals surface area contributed by atoms with Gasteiger partial charge in [-0.05, 0) is 12.1 Å². The van der Waals surface area contributed by atoms with Crippen LogP contribution in [0.1, 0.15) is 0 Å². The monoisotopic (exact) mass is 345 g/mol. The van der Waals surface area contributed by atoms with Crippen molar-refractivity contribution in [3.63, 3.8) is 0 Å². The maximum Gasteiger partial charge on any atom is 0.334 e. The number of nitro groups is 1. The SMILES string of the molecule is COCCOCC(=CS(=O)(=O)c1ccc([N+](=O)[O-])cc1)C(=O)O. The zero-order valence-corrected chi connectivity index (χ0v) is 13.0. The zero-order valence-electron chi connectivity index (χ0n) is 12.2. The number of hydrogen-bond donors (Lipinski definition) is 1. The summed E-state index contributed by atoms with van der Waals surface area (Å²) in [5.74, 6) is -1.44. The number of carboxylic acids is 1. The molecule has 0 unspecified atom stereocenters. The van der Waals surface area contributed by atoms with Crippen molar-refractivity contribution in [2.24, 2.45) is 0 Å². The molecule has 0 aliphatic rings. The molecule has 0 spiro atoms. The Labute approximate surface area is 132 Å². The van der Waals surface area contributed by atoms with E-state index in [1.165, 1.54) is 7.11 Å². The Bertz CT molecular complexity index is 693. The van der Waals surface area contributed by atoms with Crippen LogP contribution in [-0.2, 0) is 24.1 Å². The summed E-state index contributed by atoms with van der Waals surface area (Å²) >= 11 is 0. The molecule has 0 heterocycles. The lowest BCUT2D eigenvalue weighted by molar-refractivity contribution is -0.384. The fraction of sp³-hybridized carbons (Fsp3) is 0.308. The molecule has 9 nitrogen and oxygen atoms in total. The Hall–Kier alpha value is -2.30. The first-order valence-electron chi connectivity index (χ1n) is 6.28. The van der Waals surface area contributed by atoms with Crippen molar-refractivity contribution in [3.8, 4) is 0 Å². The van der Waals surface area contributed by atoms with Gasteiger partial charge in [0.1, 0.15) is 0 Å². The molecule has 0 aromatic heterocycles. The van der Waals surface area contributed by atoms with Gasteiger partial charge in [-0.25, -0.2) is 13.2 Å². The fourth-order valence-electron chi connectivity index (χ4n) is 1.48. The highest BCUT2D eigenvalue weighted by atomic mass is 32.2. The largest absolute Gasteiger partial charge is 0.478 e. The van der Waals surface area contributed by atoms with Crippen LogP contribution in [0.2, 0.25) is 0 Å². The molecule has 1 rings (SSSR count). The summed E-state index contributed by atoms with van der Waals surface area (Å²) in [7, 11) is -2.63. The number of non-ortho nitro benzene ring substituents is 1. The van der Waals surface area contributed by atoms with Gasteiger partial charge in [0.2, 0.25) is 0 Å². The first-order chi connectivity index (χ1) is 10.8. The van der Waals surface area contributed by atoms with E-state index in [9.17, 15) is 23.3 Å². The van der Waals surface area contributed by atoms with Crippen LogP contribution in [0.5, 0.6) is 0 Å². The van der Waals surface area contributed by atoms with Crippen LogP contribution in [-0.4, -0.2) is 51.3 Å². The second-order valence-corrected chi connectivity index (χ2v) is 6.09. The van der Waals surface area contributed by atoms with Gasteiger partial charge in [0.15, 0.2) is 9.84 Å². The number of rotatable bonds is 9. The predicted octanol–water partition coefficient (Wildman–Crippen LogP) is 1.00. The third-order valence-corrected chi connectivity index (χ3v) is 4.16. The summed E-state index contributed by atoms with van der Waals surface area (Å²) < 4.78 is 34.0. The van der Waals surface area contributed by atoms with Gasteiger partial charge in [0, 0.05) is 24.7 Å². The molecule has 1 aromatic carbocycles. The quantitative estimate of drug-likeness (QED) is 0.303.